The maximum Gasteiger partial charge on any atom is 0.305 e. The van der Waals surface area contributed by atoms with Crippen LogP contribution < -0.4 is 5.73 Å². The van der Waals surface area contributed by atoms with Crippen LogP contribution in [-0.2, 0) is 9.53 Å². The topological polar surface area (TPSA) is 76.2 Å². The summed E-state index contributed by atoms with van der Waals surface area (Å²) in [6.07, 6.45) is 8.04. The van der Waals surface area contributed by atoms with E-state index in [-0.39, 0.29) is 5.97 Å². The zero-order chi connectivity index (χ0) is 13.6. The summed E-state index contributed by atoms with van der Waals surface area (Å²) < 4.78 is 5.12. The highest BCUT2D eigenvalue weighted by atomic mass is 16.5. The molecular weight excluding hydrogens is 228 g/mol. The first-order valence-electron chi connectivity index (χ1n) is 7.12. The van der Waals surface area contributed by atoms with Gasteiger partial charge in [-0.15, -0.1) is 0 Å². The Bertz CT molecular complexity index is 230. The van der Waals surface area contributed by atoms with Gasteiger partial charge in [0, 0.05) is 12.1 Å². The molecule has 0 radical (unpaired) electrons. The predicted molar refractivity (Wildman–Crippen MR) is 75.0 cm³/mol. The average Bonchev–Trinajstić information content (AvgIpc) is 2.37. The number of nitrogens with two attached hydrogens (primary N) is 1. The molecule has 0 saturated carbocycles. The number of unbranched alkanes of at least 4 members (excludes halogenated alkanes) is 3. The fourth-order valence-electron chi connectivity index (χ4n) is 1.68. The molecule has 0 spiro atoms. The minimum absolute atomic E-state index is 0.0976. The van der Waals surface area contributed by atoms with E-state index in [2.05, 4.69) is 6.92 Å². The smallest absolute Gasteiger partial charge is 0.305 e. The fraction of sp³-hybridized carbons (Fsp3) is 0.857. The molecule has 0 fully saturated rings. The lowest BCUT2D eigenvalue weighted by Gasteiger charge is -2.05. The van der Waals surface area contributed by atoms with Crippen molar-refractivity contribution in [2.24, 2.45) is 5.73 Å². The molecule has 0 aliphatic heterocycles. The lowest BCUT2D eigenvalue weighted by Crippen LogP contribution is -2.08. The van der Waals surface area contributed by atoms with E-state index in [0.717, 1.165) is 32.1 Å². The van der Waals surface area contributed by atoms with Crippen molar-refractivity contribution in [1.29, 1.82) is 5.41 Å². The highest BCUT2D eigenvalue weighted by Gasteiger charge is 2.03. The Morgan fingerprint density at radius 1 is 1.06 bits per heavy atom. The van der Waals surface area contributed by atoms with Gasteiger partial charge >= 0.3 is 5.97 Å². The summed E-state index contributed by atoms with van der Waals surface area (Å²) in [4.78, 5) is 11.3. The second-order valence-corrected chi connectivity index (χ2v) is 4.63. The second kappa shape index (κ2) is 12.6. The Kier molecular flexibility index (Phi) is 11.9. The van der Waals surface area contributed by atoms with Crippen LogP contribution in [0.2, 0.25) is 0 Å². The molecular formula is C14H28N2O2. The molecule has 0 bridgehead atoms. The molecule has 4 nitrogen and oxygen atoms in total. The zero-order valence-electron chi connectivity index (χ0n) is 11.7. The third-order valence-electron chi connectivity index (χ3n) is 2.80. The summed E-state index contributed by atoms with van der Waals surface area (Å²) >= 11 is 0. The van der Waals surface area contributed by atoms with E-state index in [1.54, 1.807) is 0 Å². The van der Waals surface area contributed by atoms with Crippen LogP contribution in [0.25, 0.3) is 0 Å². The molecule has 18 heavy (non-hydrogen) atoms. The second-order valence-electron chi connectivity index (χ2n) is 4.63. The van der Waals surface area contributed by atoms with Gasteiger partial charge < -0.3 is 15.9 Å². The van der Waals surface area contributed by atoms with Crippen LogP contribution in [0.5, 0.6) is 0 Å². The average molecular weight is 256 g/mol. The largest absolute Gasteiger partial charge is 0.466 e. The number of nitrogens with one attached hydrogen (secondary N) is 1. The summed E-state index contributed by atoms with van der Waals surface area (Å²) in [7, 11) is 0. The maximum absolute atomic E-state index is 11.3. The number of esters is 1. The third-order valence-corrected chi connectivity index (χ3v) is 2.80. The van der Waals surface area contributed by atoms with Crippen molar-refractivity contribution in [1.82, 2.24) is 0 Å². The summed E-state index contributed by atoms with van der Waals surface area (Å²) in [6, 6.07) is 0. The van der Waals surface area contributed by atoms with E-state index in [1.165, 1.54) is 12.8 Å². The summed E-state index contributed by atoms with van der Waals surface area (Å²) in [5, 5.41) is 7.64. The van der Waals surface area contributed by atoms with Crippen molar-refractivity contribution in [3.8, 4) is 0 Å². The molecule has 0 rings (SSSR count). The number of carbonyl (C=O) groups is 1. The highest BCUT2D eigenvalue weighted by Crippen LogP contribution is 2.04. The third kappa shape index (κ3) is 11.6. The minimum atomic E-state index is -0.0976. The van der Waals surface area contributed by atoms with Gasteiger partial charge in [-0.25, -0.2) is 0 Å². The monoisotopic (exact) mass is 256 g/mol. The van der Waals surface area contributed by atoms with E-state index in [1.807, 2.05) is 0 Å². The fourth-order valence-corrected chi connectivity index (χ4v) is 1.68. The number of rotatable bonds is 12. The normalized spacial score (nSPS) is 10.3. The van der Waals surface area contributed by atoms with E-state index in [0.29, 0.717) is 31.7 Å². The molecule has 0 atom stereocenters. The van der Waals surface area contributed by atoms with E-state index < -0.39 is 0 Å². The van der Waals surface area contributed by atoms with Crippen molar-refractivity contribution in [3.05, 3.63) is 0 Å². The van der Waals surface area contributed by atoms with E-state index in [9.17, 15) is 4.79 Å². The summed E-state index contributed by atoms with van der Waals surface area (Å²) in [6.45, 7) is 3.23. The lowest BCUT2D eigenvalue weighted by atomic mass is 10.1. The molecule has 106 valence electrons. The lowest BCUT2D eigenvalue weighted by molar-refractivity contribution is -0.143. The SMILES string of the molecule is CCCCCCC(=O)OCCCC(=N)CCCN. The predicted octanol–water partition coefficient (Wildman–Crippen LogP) is 3.04. The van der Waals surface area contributed by atoms with Gasteiger partial charge in [0.15, 0.2) is 0 Å². The van der Waals surface area contributed by atoms with Crippen molar-refractivity contribution in [2.45, 2.75) is 64.7 Å². The first kappa shape index (κ1) is 17.1. The van der Waals surface area contributed by atoms with Gasteiger partial charge in [0.2, 0.25) is 0 Å². The van der Waals surface area contributed by atoms with Gasteiger partial charge in [-0.05, 0) is 38.6 Å². The molecule has 0 saturated heterocycles. The molecule has 0 amide bonds. The Morgan fingerprint density at radius 2 is 1.78 bits per heavy atom. The van der Waals surface area contributed by atoms with Gasteiger partial charge in [0.1, 0.15) is 0 Å². The Morgan fingerprint density at radius 3 is 2.44 bits per heavy atom. The van der Waals surface area contributed by atoms with Crippen molar-refractivity contribution in [2.75, 3.05) is 13.2 Å². The standard InChI is InChI=1S/C14H28N2O2/c1-2-3-4-5-10-14(17)18-12-7-9-13(16)8-6-11-15/h16H,2-12,15H2,1H3. The van der Waals surface area contributed by atoms with Gasteiger partial charge in [-0.2, -0.15) is 0 Å². The molecule has 4 heteroatoms. The minimum Gasteiger partial charge on any atom is -0.466 e. The maximum atomic E-state index is 11.3. The summed E-state index contributed by atoms with van der Waals surface area (Å²) in [5.74, 6) is -0.0976. The van der Waals surface area contributed by atoms with Crippen molar-refractivity contribution >= 4 is 11.7 Å². The quantitative estimate of drug-likeness (QED) is 0.320. The highest BCUT2D eigenvalue weighted by molar-refractivity contribution is 5.81. The van der Waals surface area contributed by atoms with Crippen LogP contribution in [0.1, 0.15) is 64.7 Å². The van der Waals surface area contributed by atoms with Gasteiger partial charge in [-0.3, -0.25) is 4.79 Å². The van der Waals surface area contributed by atoms with Crippen LogP contribution in [0, 0.1) is 5.41 Å². The van der Waals surface area contributed by atoms with Gasteiger partial charge in [-0.1, -0.05) is 26.2 Å². The van der Waals surface area contributed by atoms with Crippen LogP contribution >= 0.6 is 0 Å². The number of hydrogen-bond acceptors (Lipinski definition) is 4. The Balaban J connectivity index is 3.31. The van der Waals surface area contributed by atoms with Crippen molar-refractivity contribution in [3.63, 3.8) is 0 Å². The first-order chi connectivity index (χ1) is 8.70. The molecule has 0 aliphatic carbocycles. The number of ether oxygens (including phenoxy) is 1. The van der Waals surface area contributed by atoms with Crippen LogP contribution in [0.4, 0.5) is 0 Å². The Hall–Kier alpha value is -0.900. The zero-order valence-corrected chi connectivity index (χ0v) is 11.7. The first-order valence-corrected chi connectivity index (χ1v) is 7.12. The number of carbonyl (C=O) groups excluding carboxylic acids is 1. The van der Waals surface area contributed by atoms with Crippen LogP contribution in [0.15, 0.2) is 0 Å². The molecule has 0 aromatic carbocycles. The summed E-state index contributed by atoms with van der Waals surface area (Å²) in [5.41, 5.74) is 6.08. The van der Waals surface area contributed by atoms with Crippen LogP contribution in [-0.4, -0.2) is 24.8 Å². The molecule has 0 aromatic heterocycles. The number of hydrogen-bond donors (Lipinski definition) is 2. The van der Waals surface area contributed by atoms with E-state index >= 15 is 0 Å². The molecule has 0 unspecified atom stereocenters. The van der Waals surface area contributed by atoms with Gasteiger partial charge in [0.25, 0.3) is 0 Å². The van der Waals surface area contributed by atoms with Gasteiger partial charge in [0.05, 0.1) is 6.61 Å². The molecule has 0 aromatic rings. The molecule has 0 heterocycles. The van der Waals surface area contributed by atoms with Crippen molar-refractivity contribution < 1.29 is 9.53 Å². The van der Waals surface area contributed by atoms with Crippen LogP contribution in [0.3, 0.4) is 0 Å². The molecule has 3 N–H and O–H groups in total. The molecule has 0 aliphatic rings. The van der Waals surface area contributed by atoms with E-state index in [4.69, 9.17) is 15.9 Å². The Labute approximate surface area is 111 Å².